The van der Waals surface area contributed by atoms with Crippen LogP contribution in [0.3, 0.4) is 0 Å². The van der Waals surface area contributed by atoms with Crippen LogP contribution in [0.15, 0.2) is 24.3 Å². The minimum absolute atomic E-state index is 0.236. The van der Waals surface area contributed by atoms with Crippen LogP contribution >= 0.6 is 0 Å². The predicted octanol–water partition coefficient (Wildman–Crippen LogP) is 4.53. The minimum atomic E-state index is -0.757. The third-order valence-electron chi connectivity index (χ3n) is 4.28. The molecule has 0 aliphatic rings. The maximum atomic E-state index is 11.5. The lowest BCUT2D eigenvalue weighted by molar-refractivity contribution is -0.142. The molecule has 0 fully saturated rings. The molecule has 0 saturated heterocycles. The van der Waals surface area contributed by atoms with Gasteiger partial charge in [0.15, 0.2) is 0 Å². The predicted molar refractivity (Wildman–Crippen MR) is 97.0 cm³/mol. The topological polar surface area (TPSA) is 83.8 Å². The summed E-state index contributed by atoms with van der Waals surface area (Å²) in [5.41, 5.74) is 0.949. The van der Waals surface area contributed by atoms with Crippen LogP contribution in [0.1, 0.15) is 63.9 Å². The van der Waals surface area contributed by atoms with Crippen LogP contribution in [0.25, 0.3) is 0 Å². The molecule has 5 heteroatoms. The molecule has 0 saturated carbocycles. The van der Waals surface area contributed by atoms with Gasteiger partial charge < -0.3 is 14.9 Å². The largest absolute Gasteiger partial charge is 0.494 e. The average Bonchev–Trinajstić information content (AvgIpc) is 2.57. The van der Waals surface area contributed by atoms with Crippen molar-refractivity contribution in [2.24, 2.45) is 5.92 Å². The van der Waals surface area contributed by atoms with Gasteiger partial charge in [-0.1, -0.05) is 50.3 Å². The molecule has 1 aromatic carbocycles. The molecule has 0 aliphatic carbocycles. The Labute approximate surface area is 150 Å². The van der Waals surface area contributed by atoms with Crippen LogP contribution in [0.2, 0.25) is 0 Å². The first-order valence-corrected chi connectivity index (χ1v) is 9.19. The number of hydrogen-bond donors (Lipinski definition) is 2. The van der Waals surface area contributed by atoms with Crippen molar-refractivity contribution in [1.29, 1.82) is 0 Å². The summed E-state index contributed by atoms with van der Waals surface area (Å²) in [7, 11) is 0. The van der Waals surface area contributed by atoms with Crippen molar-refractivity contribution in [1.82, 2.24) is 0 Å². The van der Waals surface area contributed by atoms with Gasteiger partial charge in [-0.2, -0.15) is 0 Å². The summed E-state index contributed by atoms with van der Waals surface area (Å²) in [5, 5.41) is 18.1. The van der Waals surface area contributed by atoms with Crippen molar-refractivity contribution < 1.29 is 24.5 Å². The summed E-state index contributed by atoms with van der Waals surface area (Å²) in [4.78, 5) is 22.0. The van der Waals surface area contributed by atoms with E-state index in [0.717, 1.165) is 49.8 Å². The Morgan fingerprint density at radius 3 is 2.28 bits per heavy atom. The molecule has 1 aromatic rings. The van der Waals surface area contributed by atoms with Crippen LogP contribution < -0.4 is 4.74 Å². The van der Waals surface area contributed by atoms with E-state index >= 15 is 0 Å². The molecule has 0 aliphatic heterocycles. The zero-order valence-corrected chi connectivity index (χ0v) is 15.1. The fourth-order valence-corrected chi connectivity index (χ4v) is 2.92. The molecule has 1 rings (SSSR count). The van der Waals surface area contributed by atoms with Crippen molar-refractivity contribution in [3.05, 3.63) is 29.8 Å². The van der Waals surface area contributed by atoms with E-state index in [-0.39, 0.29) is 6.42 Å². The molecule has 0 spiro atoms. The van der Waals surface area contributed by atoms with Gasteiger partial charge in [-0.25, -0.2) is 0 Å². The number of para-hydroxylation sites is 1. The Morgan fingerprint density at radius 2 is 1.64 bits per heavy atom. The lowest BCUT2D eigenvalue weighted by Crippen LogP contribution is -2.17. The van der Waals surface area contributed by atoms with Gasteiger partial charge in [-0.05, 0) is 37.8 Å². The molecule has 0 heterocycles. The van der Waals surface area contributed by atoms with Gasteiger partial charge in [-0.15, -0.1) is 0 Å². The fraction of sp³-hybridized carbons (Fsp3) is 0.600. The van der Waals surface area contributed by atoms with Crippen molar-refractivity contribution in [2.75, 3.05) is 6.61 Å². The van der Waals surface area contributed by atoms with Gasteiger partial charge in [0, 0.05) is 6.42 Å². The van der Waals surface area contributed by atoms with Gasteiger partial charge in [0.05, 0.1) is 12.5 Å². The summed E-state index contributed by atoms with van der Waals surface area (Å²) in [6.07, 6.45) is 6.95. The average molecular weight is 350 g/mol. The summed E-state index contributed by atoms with van der Waals surface area (Å²) in [6.45, 7) is 2.48. The fourth-order valence-electron chi connectivity index (χ4n) is 2.92. The second-order valence-electron chi connectivity index (χ2n) is 6.33. The number of carboxylic acids is 2. The van der Waals surface area contributed by atoms with E-state index in [2.05, 4.69) is 0 Å². The maximum Gasteiger partial charge on any atom is 0.306 e. The highest BCUT2D eigenvalue weighted by molar-refractivity contribution is 5.70. The lowest BCUT2D eigenvalue weighted by atomic mass is 9.93. The number of hydrogen-bond acceptors (Lipinski definition) is 3. The molecule has 25 heavy (non-hydrogen) atoms. The Hall–Kier alpha value is -2.04. The van der Waals surface area contributed by atoms with Gasteiger partial charge >= 0.3 is 11.9 Å². The summed E-state index contributed by atoms with van der Waals surface area (Å²) >= 11 is 0. The first kappa shape index (κ1) is 21.0. The molecule has 0 amide bonds. The number of rotatable bonds is 14. The van der Waals surface area contributed by atoms with E-state index in [1.807, 2.05) is 31.2 Å². The Kier molecular flexibility index (Phi) is 10.4. The number of carbonyl (C=O) groups is 2. The molecule has 0 bridgehead atoms. The second kappa shape index (κ2) is 12.3. The summed E-state index contributed by atoms with van der Waals surface area (Å²) in [5.74, 6) is -1.12. The maximum absolute atomic E-state index is 11.5. The molecular weight excluding hydrogens is 320 g/mol. The lowest BCUT2D eigenvalue weighted by Gasteiger charge is -2.15. The molecule has 1 atom stereocenters. The minimum Gasteiger partial charge on any atom is -0.494 e. The van der Waals surface area contributed by atoms with E-state index in [4.69, 9.17) is 9.84 Å². The normalized spacial score (nSPS) is 11.9. The van der Waals surface area contributed by atoms with Crippen molar-refractivity contribution in [2.45, 2.75) is 64.7 Å². The van der Waals surface area contributed by atoms with Crippen molar-refractivity contribution in [3.63, 3.8) is 0 Å². The van der Waals surface area contributed by atoms with Crippen LogP contribution in [-0.2, 0) is 16.0 Å². The van der Waals surface area contributed by atoms with Gasteiger partial charge in [-0.3, -0.25) is 9.59 Å². The standard InChI is InChI=1S/C20H30O5/c1-2-25-18-13-10-9-11-16(18)15-17(20(23)24)12-7-5-3-4-6-8-14-19(21)22/h9-11,13,17H,2-8,12,14-15H2,1H3,(H,21,22)(H,23,24). The van der Waals surface area contributed by atoms with Gasteiger partial charge in [0.2, 0.25) is 0 Å². The third kappa shape index (κ3) is 9.13. The van der Waals surface area contributed by atoms with E-state index in [0.29, 0.717) is 19.4 Å². The Morgan fingerprint density at radius 1 is 1.00 bits per heavy atom. The van der Waals surface area contributed by atoms with E-state index in [9.17, 15) is 14.7 Å². The zero-order chi connectivity index (χ0) is 18.5. The highest BCUT2D eigenvalue weighted by Crippen LogP contribution is 2.24. The van der Waals surface area contributed by atoms with E-state index in [1.54, 1.807) is 0 Å². The first-order valence-electron chi connectivity index (χ1n) is 9.19. The van der Waals surface area contributed by atoms with Crippen molar-refractivity contribution >= 4 is 11.9 Å². The second-order valence-corrected chi connectivity index (χ2v) is 6.33. The smallest absolute Gasteiger partial charge is 0.306 e. The molecule has 0 aromatic heterocycles. The summed E-state index contributed by atoms with van der Waals surface area (Å²) in [6, 6.07) is 7.63. The third-order valence-corrected chi connectivity index (χ3v) is 4.28. The zero-order valence-electron chi connectivity index (χ0n) is 15.1. The quantitative estimate of drug-likeness (QED) is 0.481. The van der Waals surface area contributed by atoms with E-state index in [1.165, 1.54) is 0 Å². The van der Waals surface area contributed by atoms with Gasteiger partial charge in [0.25, 0.3) is 0 Å². The molecule has 1 unspecified atom stereocenters. The number of aliphatic carboxylic acids is 2. The molecule has 140 valence electrons. The monoisotopic (exact) mass is 350 g/mol. The number of unbranched alkanes of at least 4 members (excludes halogenated alkanes) is 5. The number of benzene rings is 1. The van der Waals surface area contributed by atoms with Gasteiger partial charge in [0.1, 0.15) is 5.75 Å². The van der Waals surface area contributed by atoms with Crippen LogP contribution in [0.4, 0.5) is 0 Å². The highest BCUT2D eigenvalue weighted by atomic mass is 16.5. The molecule has 0 radical (unpaired) electrons. The van der Waals surface area contributed by atoms with Crippen LogP contribution in [0, 0.1) is 5.92 Å². The number of carboxylic acid groups (broad SMARTS) is 2. The van der Waals surface area contributed by atoms with E-state index < -0.39 is 17.9 Å². The first-order chi connectivity index (χ1) is 12.0. The Balaban J connectivity index is 2.33. The molecule has 5 nitrogen and oxygen atoms in total. The highest BCUT2D eigenvalue weighted by Gasteiger charge is 2.19. The van der Waals surface area contributed by atoms with Crippen LogP contribution in [0.5, 0.6) is 5.75 Å². The summed E-state index contributed by atoms with van der Waals surface area (Å²) < 4.78 is 5.58. The Bertz CT molecular complexity index is 527. The van der Waals surface area contributed by atoms with Crippen LogP contribution in [-0.4, -0.2) is 28.8 Å². The molecular formula is C20H30O5. The SMILES string of the molecule is CCOc1ccccc1CC(CCCCCCCCC(=O)O)C(=O)O. The number of ether oxygens (including phenoxy) is 1. The van der Waals surface area contributed by atoms with Crippen molar-refractivity contribution in [3.8, 4) is 5.75 Å². The molecule has 2 N–H and O–H groups in total.